The molecule has 0 amide bonds. The van der Waals surface area contributed by atoms with Gasteiger partial charge in [0.15, 0.2) is 6.80 Å². The zero-order valence-corrected chi connectivity index (χ0v) is 4.52. The minimum Gasteiger partial charge on any atom is -0.266 e. The summed E-state index contributed by atoms with van der Waals surface area (Å²) in [6, 6.07) is 0. The normalized spacial score (nSPS) is 10.3. The van der Waals surface area contributed by atoms with Gasteiger partial charge in [0.25, 0.3) is 0 Å². The van der Waals surface area contributed by atoms with Crippen molar-refractivity contribution in [3.8, 4) is 0 Å². The van der Waals surface area contributed by atoms with Crippen LogP contribution in [-0.2, 0) is 0 Å². The lowest BCUT2D eigenvalue weighted by molar-refractivity contribution is 0.189. The van der Waals surface area contributed by atoms with E-state index in [1.54, 1.807) is 0 Å². The van der Waals surface area contributed by atoms with E-state index in [1.165, 1.54) is 0 Å². The Morgan fingerprint density at radius 1 is 1.71 bits per heavy atom. The van der Waals surface area contributed by atoms with Gasteiger partial charge < -0.3 is 0 Å². The van der Waals surface area contributed by atoms with Crippen LogP contribution in [0.3, 0.4) is 0 Å². The summed E-state index contributed by atoms with van der Waals surface area (Å²) in [5.41, 5.74) is 0. The molecule has 7 heavy (non-hydrogen) atoms. The van der Waals surface area contributed by atoms with Gasteiger partial charge >= 0.3 is 0 Å². The van der Waals surface area contributed by atoms with Crippen LogP contribution in [0.15, 0.2) is 0 Å². The highest BCUT2D eigenvalue weighted by Crippen LogP contribution is 1.80. The Morgan fingerprint density at radius 2 is 2.29 bits per heavy atom. The summed E-state index contributed by atoms with van der Waals surface area (Å²) in [6.07, 6.45) is 0.903. The van der Waals surface area contributed by atoms with E-state index < -0.39 is 6.80 Å². The number of nitrogens with zero attached hydrogens (tertiary/aromatic N) is 1. The fourth-order valence-electron chi connectivity index (χ4n) is 0.347. The molecule has 2 N–H and O–H groups in total. The number of halogens is 1. The van der Waals surface area contributed by atoms with Gasteiger partial charge in [-0.1, -0.05) is 6.92 Å². The summed E-state index contributed by atoms with van der Waals surface area (Å²) >= 11 is 0. The minimum absolute atomic E-state index is 0.548. The molecule has 0 aromatic carbocycles. The first-order valence-electron chi connectivity index (χ1n) is 2.37. The Morgan fingerprint density at radius 3 is 2.43 bits per heavy atom. The fraction of sp³-hybridized carbons (Fsp3) is 1.00. The third-order valence-electron chi connectivity index (χ3n) is 0.664. The maximum absolute atomic E-state index is 11.4. The molecule has 3 heteroatoms. The Hall–Kier alpha value is -0.150. The topological polar surface area (TPSA) is 29.3 Å². The van der Waals surface area contributed by atoms with Crippen LogP contribution in [0, 0.1) is 0 Å². The minimum atomic E-state index is -0.548. The van der Waals surface area contributed by atoms with Crippen LogP contribution in [0.4, 0.5) is 4.39 Å². The molecule has 0 heterocycles. The van der Waals surface area contributed by atoms with Crippen molar-refractivity contribution < 1.29 is 4.39 Å². The molecule has 0 radical (unpaired) electrons. The molecule has 0 atom stereocenters. The molecule has 0 spiro atoms. The van der Waals surface area contributed by atoms with Gasteiger partial charge in [0.1, 0.15) is 0 Å². The molecular weight excluding hydrogens is 95.1 g/mol. The van der Waals surface area contributed by atoms with Crippen LogP contribution in [0.1, 0.15) is 13.3 Å². The van der Waals surface area contributed by atoms with E-state index in [4.69, 9.17) is 5.84 Å². The standard InChI is InChI=1S/C4H11FN2/c1-2-3-7(6)4-5/h2-4,6H2,1H3. The number of rotatable bonds is 3. The van der Waals surface area contributed by atoms with Gasteiger partial charge in [-0.25, -0.2) is 9.40 Å². The number of hydrogen-bond acceptors (Lipinski definition) is 2. The number of hydrogen-bond donors (Lipinski definition) is 1. The lowest BCUT2D eigenvalue weighted by atomic mass is 10.5. The van der Waals surface area contributed by atoms with E-state index in [0.29, 0.717) is 6.54 Å². The van der Waals surface area contributed by atoms with Crippen LogP contribution in [-0.4, -0.2) is 18.4 Å². The van der Waals surface area contributed by atoms with Crippen molar-refractivity contribution in [1.82, 2.24) is 5.01 Å². The summed E-state index contributed by atoms with van der Waals surface area (Å²) in [6.45, 7) is 2.04. The van der Waals surface area contributed by atoms with Gasteiger partial charge in [0.05, 0.1) is 0 Å². The van der Waals surface area contributed by atoms with Crippen LogP contribution in [0.2, 0.25) is 0 Å². The molecule has 0 unspecified atom stereocenters. The molecule has 0 saturated heterocycles. The Balaban J connectivity index is 2.83. The fourth-order valence-corrected chi connectivity index (χ4v) is 0.347. The van der Waals surface area contributed by atoms with Crippen LogP contribution in [0.5, 0.6) is 0 Å². The van der Waals surface area contributed by atoms with Crippen molar-refractivity contribution in [2.75, 3.05) is 13.3 Å². The average molecular weight is 106 g/mol. The van der Waals surface area contributed by atoms with E-state index in [9.17, 15) is 4.39 Å². The third kappa shape index (κ3) is 3.69. The van der Waals surface area contributed by atoms with Gasteiger partial charge in [0.2, 0.25) is 0 Å². The summed E-state index contributed by atoms with van der Waals surface area (Å²) in [4.78, 5) is 0. The zero-order chi connectivity index (χ0) is 5.70. The average Bonchev–Trinajstić information content (AvgIpc) is 1.68. The monoisotopic (exact) mass is 106 g/mol. The van der Waals surface area contributed by atoms with E-state index in [1.807, 2.05) is 6.92 Å². The highest BCUT2D eigenvalue weighted by atomic mass is 19.1. The maximum atomic E-state index is 11.4. The number of alkyl halides is 1. The molecule has 0 bridgehead atoms. The van der Waals surface area contributed by atoms with Crippen LogP contribution < -0.4 is 5.84 Å². The number of hydrazine groups is 1. The second-order valence-corrected chi connectivity index (χ2v) is 1.43. The first-order valence-corrected chi connectivity index (χ1v) is 2.37. The first kappa shape index (κ1) is 6.85. The van der Waals surface area contributed by atoms with E-state index >= 15 is 0 Å². The molecule has 0 fully saturated rings. The first-order chi connectivity index (χ1) is 3.31. The molecule has 2 nitrogen and oxygen atoms in total. The third-order valence-corrected chi connectivity index (χ3v) is 0.664. The summed E-state index contributed by atoms with van der Waals surface area (Å²) in [5.74, 6) is 5.04. The van der Waals surface area contributed by atoms with Crippen molar-refractivity contribution in [3.05, 3.63) is 0 Å². The predicted octanol–water partition coefficient (Wildman–Crippen LogP) is 0.499. The van der Waals surface area contributed by atoms with E-state index in [0.717, 1.165) is 11.4 Å². The van der Waals surface area contributed by atoms with Crippen molar-refractivity contribution in [2.45, 2.75) is 13.3 Å². The zero-order valence-electron chi connectivity index (χ0n) is 4.52. The molecule has 0 aliphatic carbocycles. The van der Waals surface area contributed by atoms with Crippen LogP contribution in [0.25, 0.3) is 0 Å². The maximum Gasteiger partial charge on any atom is 0.155 e. The number of nitrogens with two attached hydrogens (primary N) is 1. The molecule has 0 saturated carbocycles. The predicted molar refractivity (Wildman–Crippen MR) is 27.2 cm³/mol. The molecule has 0 aliphatic heterocycles. The van der Waals surface area contributed by atoms with Gasteiger partial charge in [0, 0.05) is 6.54 Å². The second-order valence-electron chi connectivity index (χ2n) is 1.43. The Bertz CT molecular complexity index is 40.7. The lowest BCUT2D eigenvalue weighted by Crippen LogP contribution is -2.30. The second kappa shape index (κ2) is 4.02. The largest absolute Gasteiger partial charge is 0.266 e. The van der Waals surface area contributed by atoms with Crippen molar-refractivity contribution in [1.29, 1.82) is 0 Å². The molecular formula is C4H11FN2. The van der Waals surface area contributed by atoms with Crippen molar-refractivity contribution >= 4 is 0 Å². The van der Waals surface area contributed by atoms with E-state index in [-0.39, 0.29) is 0 Å². The summed E-state index contributed by atoms with van der Waals surface area (Å²) in [7, 11) is 0. The Kier molecular flexibility index (Phi) is 3.93. The molecule has 0 aromatic heterocycles. The van der Waals surface area contributed by atoms with Crippen molar-refractivity contribution in [3.63, 3.8) is 0 Å². The van der Waals surface area contributed by atoms with Gasteiger partial charge in [-0.05, 0) is 6.42 Å². The Labute approximate surface area is 43.1 Å². The van der Waals surface area contributed by atoms with Gasteiger partial charge in [-0.2, -0.15) is 0 Å². The SMILES string of the molecule is CCCN(N)CF. The van der Waals surface area contributed by atoms with E-state index in [2.05, 4.69) is 0 Å². The molecule has 44 valence electrons. The van der Waals surface area contributed by atoms with Gasteiger partial charge in [-0.15, -0.1) is 0 Å². The van der Waals surface area contributed by atoms with Gasteiger partial charge in [-0.3, -0.25) is 5.84 Å². The molecule has 0 aromatic rings. The highest BCUT2D eigenvalue weighted by Gasteiger charge is 1.89. The quantitative estimate of drug-likeness (QED) is 0.322. The van der Waals surface area contributed by atoms with Crippen molar-refractivity contribution in [2.24, 2.45) is 5.84 Å². The van der Waals surface area contributed by atoms with Crippen LogP contribution >= 0.6 is 0 Å². The molecule has 0 rings (SSSR count). The summed E-state index contributed by atoms with van der Waals surface area (Å²) in [5, 5.41) is 1.14. The highest BCUT2D eigenvalue weighted by molar-refractivity contribution is 4.34. The smallest absolute Gasteiger partial charge is 0.155 e. The molecule has 0 aliphatic rings. The lowest BCUT2D eigenvalue weighted by Gasteiger charge is -2.07. The summed E-state index contributed by atoms with van der Waals surface area (Å²) < 4.78 is 11.4.